The van der Waals surface area contributed by atoms with Gasteiger partial charge in [0.1, 0.15) is 5.82 Å². The van der Waals surface area contributed by atoms with Gasteiger partial charge in [-0.25, -0.2) is 0 Å². The van der Waals surface area contributed by atoms with E-state index in [9.17, 15) is 5.11 Å². The molecule has 7 nitrogen and oxygen atoms in total. The normalized spacial score (nSPS) is 12.7. The van der Waals surface area contributed by atoms with Crippen LogP contribution in [0.2, 0.25) is 0 Å². The van der Waals surface area contributed by atoms with E-state index in [1.807, 2.05) is 24.3 Å². The molecule has 2 N–H and O–H groups in total. The topological polar surface area (TPSA) is 88.2 Å². The summed E-state index contributed by atoms with van der Waals surface area (Å²) in [7, 11) is 0. The van der Waals surface area contributed by atoms with Gasteiger partial charge in [0.25, 0.3) is 0 Å². The van der Waals surface area contributed by atoms with Crippen molar-refractivity contribution in [1.29, 1.82) is 0 Å². The standard InChI is InChI=1S/C16H20N6O/c1-11(2)9-13(23)10-18-14-3-4-15-19-20-16(22(15)21-14)12-5-7-17-8-6-12/h3-8,11,13,23H,9-10H2,1-2H3,(H,18,21). The maximum absolute atomic E-state index is 9.96. The second-order valence-electron chi connectivity index (χ2n) is 5.91. The Balaban J connectivity index is 1.81. The number of nitrogens with one attached hydrogen (secondary N) is 1. The number of fused-ring (bicyclic) bond motifs is 1. The Hall–Kier alpha value is -2.54. The average Bonchev–Trinajstić information content (AvgIpc) is 2.96. The predicted octanol–water partition coefficient (Wildman–Crippen LogP) is 2.01. The third kappa shape index (κ3) is 3.62. The van der Waals surface area contributed by atoms with E-state index in [0.717, 1.165) is 12.0 Å². The molecule has 3 heterocycles. The van der Waals surface area contributed by atoms with Crippen LogP contribution in [0.1, 0.15) is 20.3 Å². The van der Waals surface area contributed by atoms with Gasteiger partial charge < -0.3 is 10.4 Å². The lowest BCUT2D eigenvalue weighted by molar-refractivity contribution is 0.161. The van der Waals surface area contributed by atoms with Crippen LogP contribution in [-0.2, 0) is 0 Å². The van der Waals surface area contributed by atoms with E-state index in [0.29, 0.717) is 29.8 Å². The van der Waals surface area contributed by atoms with Crippen molar-refractivity contribution < 1.29 is 5.11 Å². The molecule has 120 valence electrons. The highest BCUT2D eigenvalue weighted by molar-refractivity contribution is 5.58. The second-order valence-corrected chi connectivity index (χ2v) is 5.91. The Morgan fingerprint density at radius 2 is 1.91 bits per heavy atom. The summed E-state index contributed by atoms with van der Waals surface area (Å²) >= 11 is 0. The summed E-state index contributed by atoms with van der Waals surface area (Å²) in [6.07, 6.45) is 3.78. The van der Waals surface area contributed by atoms with Gasteiger partial charge in [0.05, 0.1) is 6.10 Å². The largest absolute Gasteiger partial charge is 0.391 e. The molecule has 0 saturated carbocycles. The van der Waals surface area contributed by atoms with Crippen molar-refractivity contribution in [3.8, 4) is 11.4 Å². The first-order valence-corrected chi connectivity index (χ1v) is 7.68. The van der Waals surface area contributed by atoms with Crippen molar-refractivity contribution in [3.63, 3.8) is 0 Å². The number of hydrogen-bond acceptors (Lipinski definition) is 6. The van der Waals surface area contributed by atoms with Crippen LogP contribution in [0, 0.1) is 5.92 Å². The highest BCUT2D eigenvalue weighted by Gasteiger charge is 2.11. The van der Waals surface area contributed by atoms with Crippen molar-refractivity contribution >= 4 is 11.5 Å². The van der Waals surface area contributed by atoms with Crippen LogP contribution in [0.15, 0.2) is 36.7 Å². The second kappa shape index (κ2) is 6.70. The first-order chi connectivity index (χ1) is 11.1. The molecule has 0 amide bonds. The van der Waals surface area contributed by atoms with Gasteiger partial charge in [-0.2, -0.15) is 4.52 Å². The van der Waals surface area contributed by atoms with Crippen molar-refractivity contribution in [2.75, 3.05) is 11.9 Å². The molecule has 23 heavy (non-hydrogen) atoms. The molecule has 0 bridgehead atoms. The summed E-state index contributed by atoms with van der Waals surface area (Å²) in [5, 5.41) is 25.9. The van der Waals surface area contributed by atoms with Crippen LogP contribution in [0.25, 0.3) is 17.0 Å². The molecule has 1 atom stereocenters. The number of anilines is 1. The van der Waals surface area contributed by atoms with Gasteiger partial charge in [-0.3, -0.25) is 4.98 Å². The highest BCUT2D eigenvalue weighted by Crippen LogP contribution is 2.17. The molecule has 0 aromatic carbocycles. The van der Waals surface area contributed by atoms with Gasteiger partial charge in [-0.1, -0.05) is 13.8 Å². The zero-order valence-electron chi connectivity index (χ0n) is 13.2. The summed E-state index contributed by atoms with van der Waals surface area (Å²) in [4.78, 5) is 4.01. The SMILES string of the molecule is CC(C)CC(O)CNc1ccc2nnc(-c3ccncc3)n2n1. The van der Waals surface area contributed by atoms with E-state index < -0.39 is 6.10 Å². The molecule has 0 radical (unpaired) electrons. The molecule has 0 fully saturated rings. The summed E-state index contributed by atoms with van der Waals surface area (Å²) in [6, 6.07) is 7.42. The minimum Gasteiger partial charge on any atom is -0.391 e. The van der Waals surface area contributed by atoms with Gasteiger partial charge in [0.15, 0.2) is 11.5 Å². The molecule has 0 saturated heterocycles. The van der Waals surface area contributed by atoms with Crippen LogP contribution < -0.4 is 5.32 Å². The van der Waals surface area contributed by atoms with E-state index in [4.69, 9.17) is 0 Å². The van der Waals surface area contributed by atoms with Crippen LogP contribution in [0.4, 0.5) is 5.82 Å². The number of aliphatic hydroxyl groups excluding tert-OH is 1. The fourth-order valence-electron chi connectivity index (χ4n) is 2.41. The Labute approximate surface area is 134 Å². The highest BCUT2D eigenvalue weighted by atomic mass is 16.3. The molecular weight excluding hydrogens is 292 g/mol. The average molecular weight is 312 g/mol. The maximum atomic E-state index is 9.96. The first-order valence-electron chi connectivity index (χ1n) is 7.68. The number of hydrogen-bond donors (Lipinski definition) is 2. The molecular formula is C16H20N6O. The molecule has 7 heteroatoms. The Morgan fingerprint density at radius 3 is 2.65 bits per heavy atom. The molecule has 1 unspecified atom stereocenters. The fraction of sp³-hybridized carbons (Fsp3) is 0.375. The smallest absolute Gasteiger partial charge is 0.185 e. The third-order valence-electron chi connectivity index (χ3n) is 3.46. The quantitative estimate of drug-likeness (QED) is 0.724. The van der Waals surface area contributed by atoms with Crippen LogP contribution in [0.3, 0.4) is 0 Å². The minimum atomic E-state index is -0.395. The molecule has 0 aliphatic rings. The zero-order chi connectivity index (χ0) is 16.2. The van der Waals surface area contributed by atoms with E-state index in [2.05, 4.69) is 39.4 Å². The lowest BCUT2D eigenvalue weighted by atomic mass is 10.1. The molecule has 0 aliphatic carbocycles. The van der Waals surface area contributed by atoms with Crippen LogP contribution >= 0.6 is 0 Å². The Morgan fingerprint density at radius 1 is 1.13 bits per heavy atom. The van der Waals surface area contributed by atoms with Gasteiger partial charge in [0.2, 0.25) is 0 Å². The summed E-state index contributed by atoms with van der Waals surface area (Å²) < 4.78 is 1.69. The minimum absolute atomic E-state index is 0.395. The molecule has 0 aliphatic heterocycles. The van der Waals surface area contributed by atoms with E-state index in [1.165, 1.54) is 0 Å². The zero-order valence-corrected chi connectivity index (χ0v) is 13.2. The monoisotopic (exact) mass is 312 g/mol. The van der Waals surface area contributed by atoms with Gasteiger partial charge >= 0.3 is 0 Å². The molecule has 0 spiro atoms. The van der Waals surface area contributed by atoms with Gasteiger partial charge in [-0.15, -0.1) is 15.3 Å². The van der Waals surface area contributed by atoms with E-state index in [-0.39, 0.29) is 0 Å². The fourth-order valence-corrected chi connectivity index (χ4v) is 2.41. The summed E-state index contributed by atoms with van der Waals surface area (Å²) in [6.45, 7) is 4.64. The number of nitrogens with zero attached hydrogens (tertiary/aromatic N) is 5. The number of rotatable bonds is 6. The first kappa shape index (κ1) is 15.4. The summed E-state index contributed by atoms with van der Waals surface area (Å²) in [5.74, 6) is 1.79. The Kier molecular flexibility index (Phi) is 4.47. The number of aromatic nitrogens is 5. The van der Waals surface area contributed by atoms with Crippen molar-refractivity contribution in [1.82, 2.24) is 24.8 Å². The maximum Gasteiger partial charge on any atom is 0.185 e. The lowest BCUT2D eigenvalue weighted by Crippen LogP contribution is -2.22. The van der Waals surface area contributed by atoms with Crippen LogP contribution in [-0.4, -0.2) is 42.6 Å². The van der Waals surface area contributed by atoms with E-state index >= 15 is 0 Å². The van der Waals surface area contributed by atoms with Crippen molar-refractivity contribution in [2.24, 2.45) is 5.92 Å². The summed E-state index contributed by atoms with van der Waals surface area (Å²) in [5.41, 5.74) is 1.57. The molecule has 3 aromatic rings. The van der Waals surface area contributed by atoms with Gasteiger partial charge in [0, 0.05) is 24.5 Å². The van der Waals surface area contributed by atoms with Gasteiger partial charge in [-0.05, 0) is 36.6 Å². The van der Waals surface area contributed by atoms with Crippen molar-refractivity contribution in [2.45, 2.75) is 26.4 Å². The Bertz CT molecular complexity index is 771. The number of aliphatic hydroxyl groups is 1. The van der Waals surface area contributed by atoms with E-state index in [1.54, 1.807) is 16.9 Å². The molecule has 3 aromatic heterocycles. The molecule has 3 rings (SSSR count). The predicted molar refractivity (Wildman–Crippen MR) is 88.0 cm³/mol. The third-order valence-corrected chi connectivity index (χ3v) is 3.46. The van der Waals surface area contributed by atoms with Crippen LogP contribution in [0.5, 0.6) is 0 Å². The number of pyridine rings is 1. The lowest BCUT2D eigenvalue weighted by Gasteiger charge is -2.14. The van der Waals surface area contributed by atoms with Crippen molar-refractivity contribution in [3.05, 3.63) is 36.7 Å².